The number of ether oxygens (including phenoxy) is 1. The van der Waals surface area contributed by atoms with E-state index in [2.05, 4.69) is 57.8 Å². The lowest BCUT2D eigenvalue weighted by Gasteiger charge is -2.27. The summed E-state index contributed by atoms with van der Waals surface area (Å²) < 4.78 is 29.2. The van der Waals surface area contributed by atoms with Crippen LogP contribution < -0.4 is 5.32 Å². The van der Waals surface area contributed by atoms with Crippen molar-refractivity contribution in [3.8, 4) is 11.1 Å². The van der Waals surface area contributed by atoms with Crippen LogP contribution in [0.25, 0.3) is 22.0 Å². The van der Waals surface area contributed by atoms with E-state index in [1.54, 1.807) is 0 Å². The molecule has 0 radical (unpaired) electrons. The Balaban J connectivity index is 1.50. The number of fused-ring (bicyclic) bond motifs is 1. The summed E-state index contributed by atoms with van der Waals surface area (Å²) in [6.45, 7) is 3.54. The number of H-pyrrole nitrogens is 1. The van der Waals surface area contributed by atoms with Gasteiger partial charge in [0.1, 0.15) is 0 Å². The van der Waals surface area contributed by atoms with Crippen molar-refractivity contribution in [1.29, 1.82) is 0 Å². The van der Waals surface area contributed by atoms with Gasteiger partial charge in [0.2, 0.25) is 0 Å². The highest BCUT2D eigenvalue weighted by Gasteiger charge is 2.23. The molecule has 2 aromatic carbocycles. The molecule has 3 aromatic rings. The third kappa shape index (κ3) is 4.63. The topological polar surface area (TPSA) is 74.4 Å². The Morgan fingerprint density at radius 3 is 2.55 bits per heavy atom. The van der Waals surface area contributed by atoms with Crippen molar-refractivity contribution in [2.24, 2.45) is 0 Å². The summed E-state index contributed by atoms with van der Waals surface area (Å²) in [7, 11) is -2.87. The van der Waals surface area contributed by atoms with Gasteiger partial charge in [-0.1, -0.05) is 30.3 Å². The lowest BCUT2D eigenvalue weighted by molar-refractivity contribution is 0.0905. The highest BCUT2D eigenvalue weighted by molar-refractivity contribution is 7.91. The quantitative estimate of drug-likeness (QED) is 0.635. The Bertz CT molecular complexity index is 1140. The van der Waals surface area contributed by atoms with Crippen LogP contribution in [0.2, 0.25) is 0 Å². The highest BCUT2D eigenvalue weighted by atomic mass is 32.2. The van der Waals surface area contributed by atoms with Crippen molar-refractivity contribution in [2.45, 2.75) is 25.4 Å². The Morgan fingerprint density at radius 2 is 1.81 bits per heavy atom. The minimum atomic E-state index is -2.87. The van der Waals surface area contributed by atoms with E-state index in [-0.39, 0.29) is 11.5 Å². The van der Waals surface area contributed by atoms with E-state index in [1.165, 1.54) is 22.1 Å². The summed E-state index contributed by atoms with van der Waals surface area (Å²) in [6, 6.07) is 15.3. The van der Waals surface area contributed by atoms with E-state index >= 15 is 0 Å². The van der Waals surface area contributed by atoms with E-state index in [4.69, 9.17) is 4.74 Å². The molecule has 6 nitrogen and oxygen atoms in total. The molecule has 2 saturated heterocycles. The molecule has 1 aromatic heterocycles. The number of rotatable bonds is 5. The molecule has 0 bridgehead atoms. The molecule has 5 rings (SSSR count). The number of hydrogen-bond acceptors (Lipinski definition) is 5. The van der Waals surface area contributed by atoms with Gasteiger partial charge in [-0.3, -0.25) is 4.90 Å². The van der Waals surface area contributed by atoms with Crippen molar-refractivity contribution >= 4 is 26.4 Å². The van der Waals surface area contributed by atoms with E-state index in [9.17, 15) is 8.42 Å². The SMILES string of the molecule is O=S1(=O)CCN(Cc2cc(NC3CCOCC3)c3[nH]cc(-c4ccccc4)c3c2)CC1. The molecule has 7 heteroatoms. The molecule has 0 unspecified atom stereocenters. The second kappa shape index (κ2) is 8.65. The molecular weight excluding hydrogens is 410 g/mol. The molecule has 0 atom stereocenters. The first-order chi connectivity index (χ1) is 15.1. The van der Waals surface area contributed by atoms with Crippen molar-refractivity contribution in [2.75, 3.05) is 43.1 Å². The van der Waals surface area contributed by atoms with Crippen molar-refractivity contribution < 1.29 is 13.2 Å². The van der Waals surface area contributed by atoms with E-state index in [1.807, 2.05) is 6.07 Å². The minimum absolute atomic E-state index is 0.252. The first-order valence-electron chi connectivity index (χ1n) is 11.0. The molecule has 3 heterocycles. The summed E-state index contributed by atoms with van der Waals surface area (Å²) in [6.07, 6.45) is 4.09. The number of aromatic nitrogens is 1. The summed E-state index contributed by atoms with van der Waals surface area (Å²) >= 11 is 0. The number of nitrogens with zero attached hydrogens (tertiary/aromatic N) is 1. The number of anilines is 1. The number of benzene rings is 2. The average molecular weight is 440 g/mol. The molecular formula is C24H29N3O3S. The standard InChI is InChI=1S/C24H29N3O3S/c28-31(29)12-8-27(9-13-31)17-18-14-21-22(19-4-2-1-3-5-19)16-25-24(21)23(15-18)26-20-6-10-30-11-7-20/h1-5,14-16,20,25-26H,6-13,17H2. The predicted molar refractivity (Wildman–Crippen MR) is 125 cm³/mol. The van der Waals surface area contributed by atoms with Gasteiger partial charge in [0.05, 0.1) is 22.7 Å². The number of aromatic amines is 1. The molecule has 2 aliphatic rings. The third-order valence-electron chi connectivity index (χ3n) is 6.36. The van der Waals surface area contributed by atoms with Crippen LogP contribution in [0.1, 0.15) is 18.4 Å². The molecule has 0 amide bonds. The Hall–Kier alpha value is -2.35. The molecule has 2 aliphatic heterocycles. The predicted octanol–water partition coefficient (Wildman–Crippen LogP) is 3.66. The Labute approximate surface area is 183 Å². The van der Waals surface area contributed by atoms with Gasteiger partial charge in [0.15, 0.2) is 9.84 Å². The van der Waals surface area contributed by atoms with Gasteiger partial charge >= 0.3 is 0 Å². The van der Waals surface area contributed by atoms with Gasteiger partial charge < -0.3 is 15.0 Å². The maximum atomic E-state index is 11.8. The Kier molecular flexibility index (Phi) is 5.73. The third-order valence-corrected chi connectivity index (χ3v) is 7.97. The normalized spacial score (nSPS) is 20.1. The van der Waals surface area contributed by atoms with Crippen molar-refractivity contribution in [1.82, 2.24) is 9.88 Å². The zero-order valence-corrected chi connectivity index (χ0v) is 18.5. The molecule has 0 aliphatic carbocycles. The van der Waals surface area contributed by atoms with Crippen molar-refractivity contribution in [3.05, 3.63) is 54.2 Å². The molecule has 0 saturated carbocycles. The maximum absolute atomic E-state index is 11.8. The maximum Gasteiger partial charge on any atom is 0.152 e. The molecule has 2 N–H and O–H groups in total. The van der Waals surface area contributed by atoms with Crippen LogP contribution in [-0.2, 0) is 21.1 Å². The van der Waals surface area contributed by atoms with Gasteiger partial charge in [0, 0.05) is 56.0 Å². The average Bonchev–Trinajstić information content (AvgIpc) is 3.21. The number of hydrogen-bond donors (Lipinski definition) is 2. The van der Waals surface area contributed by atoms with Crippen LogP contribution in [-0.4, -0.2) is 62.2 Å². The largest absolute Gasteiger partial charge is 0.381 e. The van der Waals surface area contributed by atoms with Gasteiger partial charge in [-0.2, -0.15) is 0 Å². The zero-order chi connectivity index (χ0) is 21.3. The lowest BCUT2D eigenvalue weighted by atomic mass is 10.0. The first kappa shape index (κ1) is 20.5. The summed E-state index contributed by atoms with van der Waals surface area (Å²) in [5, 5.41) is 4.95. The second-order valence-electron chi connectivity index (χ2n) is 8.59. The Morgan fingerprint density at radius 1 is 1.06 bits per heavy atom. The lowest BCUT2D eigenvalue weighted by Crippen LogP contribution is -2.39. The molecule has 164 valence electrons. The van der Waals surface area contributed by atoms with Crippen LogP contribution in [0.3, 0.4) is 0 Å². The van der Waals surface area contributed by atoms with Crippen LogP contribution in [0.15, 0.2) is 48.7 Å². The van der Waals surface area contributed by atoms with Gasteiger partial charge in [0.25, 0.3) is 0 Å². The fourth-order valence-electron chi connectivity index (χ4n) is 4.58. The summed E-state index contributed by atoms with van der Waals surface area (Å²) in [5.41, 5.74) is 5.82. The fraction of sp³-hybridized carbons (Fsp3) is 0.417. The number of sulfone groups is 1. The van der Waals surface area contributed by atoms with Crippen molar-refractivity contribution in [3.63, 3.8) is 0 Å². The summed E-state index contributed by atoms with van der Waals surface area (Å²) in [5.74, 6) is 0.504. The smallest absolute Gasteiger partial charge is 0.152 e. The van der Waals surface area contributed by atoms with Crippen LogP contribution in [0.5, 0.6) is 0 Å². The minimum Gasteiger partial charge on any atom is -0.381 e. The molecule has 0 spiro atoms. The number of nitrogens with one attached hydrogen (secondary N) is 2. The fourth-order valence-corrected chi connectivity index (χ4v) is 5.86. The van der Waals surface area contributed by atoms with Crippen LogP contribution >= 0.6 is 0 Å². The van der Waals surface area contributed by atoms with E-state index in [0.717, 1.165) is 43.8 Å². The highest BCUT2D eigenvalue weighted by Crippen LogP contribution is 2.35. The molecule has 31 heavy (non-hydrogen) atoms. The van der Waals surface area contributed by atoms with Crippen LogP contribution in [0.4, 0.5) is 5.69 Å². The second-order valence-corrected chi connectivity index (χ2v) is 10.9. The van der Waals surface area contributed by atoms with E-state index in [0.29, 0.717) is 19.1 Å². The zero-order valence-electron chi connectivity index (χ0n) is 17.6. The van der Waals surface area contributed by atoms with Crippen LogP contribution in [0, 0.1) is 0 Å². The van der Waals surface area contributed by atoms with Gasteiger partial charge in [-0.05, 0) is 36.1 Å². The van der Waals surface area contributed by atoms with E-state index < -0.39 is 9.84 Å². The van der Waals surface area contributed by atoms with Gasteiger partial charge in [-0.25, -0.2) is 8.42 Å². The first-order valence-corrected chi connectivity index (χ1v) is 12.9. The monoisotopic (exact) mass is 439 g/mol. The van der Waals surface area contributed by atoms with Gasteiger partial charge in [-0.15, -0.1) is 0 Å². The molecule has 2 fully saturated rings. The summed E-state index contributed by atoms with van der Waals surface area (Å²) in [4.78, 5) is 5.75.